The van der Waals surface area contributed by atoms with Crippen molar-refractivity contribution in [3.63, 3.8) is 0 Å². The number of hydrogen-bond acceptors (Lipinski definition) is 5. The molecule has 1 N–H and O–H groups in total. The number of aromatic nitrogens is 3. The van der Waals surface area contributed by atoms with Crippen LogP contribution in [0, 0.1) is 28.6 Å². The van der Waals surface area contributed by atoms with Crippen LogP contribution >= 0.6 is 0 Å². The number of nitrogens with one attached hydrogen (secondary N) is 1. The van der Waals surface area contributed by atoms with Crippen LogP contribution in [-0.4, -0.2) is 26.8 Å². The molecule has 18 heavy (non-hydrogen) atoms. The molecular formula is C12H16N6. The SMILES string of the molecule is CCCNC(C#N)(Cn1cnc(C#N)n1)C1CC1. The van der Waals surface area contributed by atoms with Crippen molar-refractivity contribution >= 4 is 0 Å². The second kappa shape index (κ2) is 5.16. The lowest BCUT2D eigenvalue weighted by atomic mass is 9.94. The minimum atomic E-state index is -0.573. The number of nitriles is 2. The average molecular weight is 244 g/mol. The van der Waals surface area contributed by atoms with Crippen LogP contribution < -0.4 is 5.32 Å². The van der Waals surface area contributed by atoms with Gasteiger partial charge in [0.25, 0.3) is 5.82 Å². The van der Waals surface area contributed by atoms with E-state index in [1.54, 1.807) is 4.68 Å². The fourth-order valence-electron chi connectivity index (χ4n) is 2.10. The molecule has 0 amide bonds. The van der Waals surface area contributed by atoms with E-state index >= 15 is 0 Å². The van der Waals surface area contributed by atoms with Gasteiger partial charge in [0.05, 0.1) is 12.6 Å². The summed E-state index contributed by atoms with van der Waals surface area (Å²) in [5.41, 5.74) is -0.573. The molecule has 1 heterocycles. The molecule has 1 aromatic rings. The maximum atomic E-state index is 9.50. The smallest absolute Gasteiger partial charge is 0.252 e. The van der Waals surface area contributed by atoms with Crippen molar-refractivity contribution in [3.05, 3.63) is 12.2 Å². The van der Waals surface area contributed by atoms with Gasteiger partial charge in [-0.05, 0) is 31.7 Å². The van der Waals surface area contributed by atoms with Crippen molar-refractivity contribution in [2.24, 2.45) is 5.92 Å². The maximum absolute atomic E-state index is 9.50. The number of hydrogen-bond donors (Lipinski definition) is 1. The zero-order chi connectivity index (χ0) is 13.0. The third-order valence-corrected chi connectivity index (χ3v) is 3.21. The first kappa shape index (κ1) is 12.5. The molecule has 94 valence electrons. The van der Waals surface area contributed by atoms with Gasteiger partial charge < -0.3 is 0 Å². The molecule has 1 aliphatic carbocycles. The van der Waals surface area contributed by atoms with E-state index in [-0.39, 0.29) is 5.82 Å². The van der Waals surface area contributed by atoms with Gasteiger partial charge in [0.1, 0.15) is 17.9 Å². The monoisotopic (exact) mass is 244 g/mol. The molecule has 1 fully saturated rings. The molecular weight excluding hydrogens is 228 g/mol. The van der Waals surface area contributed by atoms with Gasteiger partial charge in [-0.15, -0.1) is 5.10 Å². The summed E-state index contributed by atoms with van der Waals surface area (Å²) in [5.74, 6) is 0.525. The highest BCUT2D eigenvalue weighted by atomic mass is 15.3. The minimum absolute atomic E-state index is 0.146. The summed E-state index contributed by atoms with van der Waals surface area (Å²) < 4.78 is 1.59. The van der Waals surface area contributed by atoms with Crippen molar-refractivity contribution in [2.45, 2.75) is 38.3 Å². The zero-order valence-corrected chi connectivity index (χ0v) is 10.4. The highest BCUT2D eigenvalue weighted by molar-refractivity contribution is 5.15. The summed E-state index contributed by atoms with van der Waals surface area (Å²) in [7, 11) is 0. The molecule has 0 radical (unpaired) electrons. The van der Waals surface area contributed by atoms with E-state index in [4.69, 9.17) is 5.26 Å². The predicted molar refractivity (Wildman–Crippen MR) is 64.1 cm³/mol. The van der Waals surface area contributed by atoms with Gasteiger partial charge in [0, 0.05) is 0 Å². The van der Waals surface area contributed by atoms with Gasteiger partial charge in [-0.25, -0.2) is 9.67 Å². The molecule has 0 saturated heterocycles. The standard InChI is InChI=1S/C12H16N6/c1-2-5-16-12(7-14,10-3-4-10)8-18-9-15-11(6-13)17-18/h9-10,16H,2-5,8H2,1H3. The third kappa shape index (κ3) is 2.49. The Morgan fingerprint density at radius 3 is 2.83 bits per heavy atom. The van der Waals surface area contributed by atoms with Crippen molar-refractivity contribution in [3.8, 4) is 12.1 Å². The van der Waals surface area contributed by atoms with Crippen molar-refractivity contribution in [1.29, 1.82) is 10.5 Å². The summed E-state index contributed by atoms with van der Waals surface area (Å²) in [6.07, 6.45) is 4.64. The van der Waals surface area contributed by atoms with Gasteiger partial charge >= 0.3 is 0 Å². The van der Waals surface area contributed by atoms with Crippen LogP contribution in [0.2, 0.25) is 0 Å². The fourth-order valence-corrected chi connectivity index (χ4v) is 2.10. The molecule has 1 unspecified atom stereocenters. The van der Waals surface area contributed by atoms with E-state index in [1.807, 2.05) is 6.07 Å². The molecule has 0 aromatic carbocycles. The van der Waals surface area contributed by atoms with E-state index in [0.29, 0.717) is 12.5 Å². The lowest BCUT2D eigenvalue weighted by molar-refractivity contribution is 0.305. The average Bonchev–Trinajstić information content (AvgIpc) is 3.16. The van der Waals surface area contributed by atoms with Gasteiger partial charge in [-0.1, -0.05) is 6.92 Å². The first-order valence-electron chi connectivity index (χ1n) is 6.20. The summed E-state index contributed by atoms with van der Waals surface area (Å²) in [5, 5.41) is 25.6. The Hall–Kier alpha value is -1.92. The predicted octanol–water partition coefficient (Wildman–Crippen LogP) is 0.822. The molecule has 1 aromatic heterocycles. The molecule has 2 rings (SSSR count). The summed E-state index contributed by atoms with van der Waals surface area (Å²) >= 11 is 0. The highest BCUT2D eigenvalue weighted by Crippen LogP contribution is 2.40. The van der Waals surface area contributed by atoms with Gasteiger partial charge in [0.15, 0.2) is 0 Å². The number of rotatable bonds is 6. The van der Waals surface area contributed by atoms with Gasteiger partial charge in [0.2, 0.25) is 0 Å². The Kier molecular flexibility index (Phi) is 3.59. The second-order valence-corrected chi connectivity index (χ2v) is 4.66. The van der Waals surface area contributed by atoms with E-state index in [2.05, 4.69) is 28.4 Å². The van der Waals surface area contributed by atoms with Crippen molar-refractivity contribution in [1.82, 2.24) is 20.1 Å². The topological polar surface area (TPSA) is 90.3 Å². The lowest BCUT2D eigenvalue weighted by Gasteiger charge is -2.27. The molecule has 6 nitrogen and oxygen atoms in total. The van der Waals surface area contributed by atoms with E-state index in [0.717, 1.165) is 25.8 Å². The number of nitrogens with zero attached hydrogens (tertiary/aromatic N) is 5. The first-order chi connectivity index (χ1) is 8.74. The molecule has 0 aliphatic heterocycles. The van der Waals surface area contributed by atoms with Gasteiger partial charge in [-0.3, -0.25) is 5.32 Å². The third-order valence-electron chi connectivity index (χ3n) is 3.21. The van der Waals surface area contributed by atoms with Crippen LogP contribution in [0.4, 0.5) is 0 Å². The summed E-state index contributed by atoms with van der Waals surface area (Å²) in [6.45, 7) is 3.33. The largest absolute Gasteiger partial charge is 0.298 e. The van der Waals surface area contributed by atoms with Crippen molar-refractivity contribution in [2.75, 3.05) is 6.54 Å². The van der Waals surface area contributed by atoms with E-state index < -0.39 is 5.54 Å². The molecule has 1 aliphatic rings. The van der Waals surface area contributed by atoms with Crippen LogP contribution in [0.5, 0.6) is 0 Å². The van der Waals surface area contributed by atoms with E-state index in [1.165, 1.54) is 6.33 Å². The quantitative estimate of drug-likeness (QED) is 0.800. The lowest BCUT2D eigenvalue weighted by Crippen LogP contribution is -2.50. The molecule has 1 saturated carbocycles. The summed E-state index contributed by atoms with van der Waals surface area (Å²) in [6, 6.07) is 4.30. The normalized spacial score (nSPS) is 17.7. The van der Waals surface area contributed by atoms with Crippen LogP contribution in [0.3, 0.4) is 0 Å². The Morgan fingerprint density at radius 1 is 1.56 bits per heavy atom. The fraction of sp³-hybridized carbons (Fsp3) is 0.667. The Labute approximate surface area is 106 Å². The molecule has 6 heteroatoms. The van der Waals surface area contributed by atoms with Crippen LogP contribution in [0.1, 0.15) is 32.0 Å². The van der Waals surface area contributed by atoms with Crippen LogP contribution in [-0.2, 0) is 6.54 Å². The first-order valence-corrected chi connectivity index (χ1v) is 6.20. The van der Waals surface area contributed by atoms with Gasteiger partial charge in [-0.2, -0.15) is 10.5 Å². The van der Waals surface area contributed by atoms with Crippen molar-refractivity contribution < 1.29 is 0 Å². The van der Waals surface area contributed by atoms with Crippen LogP contribution in [0.15, 0.2) is 6.33 Å². The molecule has 0 bridgehead atoms. The Balaban J connectivity index is 2.14. The van der Waals surface area contributed by atoms with Crippen LogP contribution in [0.25, 0.3) is 0 Å². The van der Waals surface area contributed by atoms with E-state index in [9.17, 15) is 5.26 Å². The second-order valence-electron chi connectivity index (χ2n) is 4.66. The Bertz CT molecular complexity index is 489. The highest BCUT2D eigenvalue weighted by Gasteiger charge is 2.45. The molecule has 0 spiro atoms. The maximum Gasteiger partial charge on any atom is 0.252 e. The minimum Gasteiger partial charge on any atom is -0.298 e. The molecule has 1 atom stereocenters. The Morgan fingerprint density at radius 2 is 2.33 bits per heavy atom. The summed E-state index contributed by atoms with van der Waals surface area (Å²) in [4.78, 5) is 3.87. The zero-order valence-electron chi connectivity index (χ0n) is 10.4.